The van der Waals surface area contributed by atoms with Gasteiger partial charge in [-0.3, -0.25) is 14.8 Å². The number of amides is 2. The fourth-order valence-corrected chi connectivity index (χ4v) is 4.02. The molecule has 0 aliphatic carbocycles. The number of hydrogen-bond acceptors (Lipinski definition) is 6. The fourth-order valence-electron chi connectivity index (χ4n) is 3.52. The number of carbonyl (C=O) groups excluding carboxylic acids is 2. The smallest absolute Gasteiger partial charge is 0.268 e. The van der Waals surface area contributed by atoms with Crippen LogP contribution < -0.4 is 10.2 Å². The van der Waals surface area contributed by atoms with Crippen LogP contribution in [-0.2, 0) is 21.6 Å². The summed E-state index contributed by atoms with van der Waals surface area (Å²) in [5.74, 6) is -0.517. The first-order valence-corrected chi connectivity index (χ1v) is 9.95. The number of hydroxylamine groups is 1. The number of aromatic nitrogens is 1. The lowest BCUT2D eigenvalue weighted by atomic mass is 9.81. The van der Waals surface area contributed by atoms with Crippen LogP contribution in [0.15, 0.2) is 36.4 Å². The highest BCUT2D eigenvalue weighted by atomic mass is 35.5. The number of aliphatic hydroxyl groups is 1. The third-order valence-electron chi connectivity index (χ3n) is 5.27. The normalized spacial score (nSPS) is 19.6. The molecule has 0 saturated carbocycles. The van der Waals surface area contributed by atoms with E-state index in [1.165, 1.54) is 10.4 Å². The average molecular weight is 454 g/mol. The van der Waals surface area contributed by atoms with E-state index in [4.69, 9.17) is 33.1 Å². The molecule has 3 rings (SSSR count). The lowest BCUT2D eigenvalue weighted by molar-refractivity contribution is -0.145. The first-order chi connectivity index (χ1) is 14.3. The van der Waals surface area contributed by atoms with Gasteiger partial charge in [0, 0.05) is 6.54 Å². The molecule has 160 valence electrons. The Morgan fingerprint density at radius 1 is 1.30 bits per heavy atom. The van der Waals surface area contributed by atoms with Crippen LogP contribution in [-0.4, -0.2) is 51.2 Å². The Labute approximate surface area is 183 Å². The molecule has 10 heteroatoms. The number of nitrogens with one attached hydrogen (secondary N) is 1. The summed E-state index contributed by atoms with van der Waals surface area (Å²) in [4.78, 5) is 29.9. The van der Waals surface area contributed by atoms with Gasteiger partial charge in [0.05, 0.1) is 12.0 Å². The van der Waals surface area contributed by atoms with Crippen LogP contribution >= 0.6 is 23.2 Å². The molecule has 1 aliphatic heterocycles. The second-order valence-corrected chi connectivity index (χ2v) is 7.96. The summed E-state index contributed by atoms with van der Waals surface area (Å²) in [7, 11) is 0. The largest absolute Gasteiger partial charge is 0.489 e. The monoisotopic (exact) mass is 453 g/mol. The maximum absolute atomic E-state index is 13.0. The van der Waals surface area contributed by atoms with E-state index < -0.39 is 24.0 Å². The van der Waals surface area contributed by atoms with Gasteiger partial charge in [0.15, 0.2) is 0 Å². The molecule has 2 aromatic rings. The second kappa shape index (κ2) is 9.18. The number of rotatable bonds is 7. The number of benzene rings is 1. The van der Waals surface area contributed by atoms with E-state index in [1.807, 2.05) is 0 Å². The van der Waals surface area contributed by atoms with Crippen LogP contribution in [0.25, 0.3) is 0 Å². The van der Waals surface area contributed by atoms with Gasteiger partial charge in [-0.25, -0.2) is 10.5 Å². The van der Waals surface area contributed by atoms with E-state index in [2.05, 4.69) is 4.98 Å². The molecule has 1 saturated heterocycles. The minimum absolute atomic E-state index is 0.250. The van der Waals surface area contributed by atoms with Crippen LogP contribution in [0.5, 0.6) is 5.75 Å². The number of likely N-dealkylation sites (tertiary alicyclic amines) is 1. The van der Waals surface area contributed by atoms with Gasteiger partial charge in [0.25, 0.3) is 5.91 Å². The highest BCUT2D eigenvalue weighted by Crippen LogP contribution is 2.37. The summed E-state index contributed by atoms with van der Waals surface area (Å²) in [6, 6.07) is 9.29. The van der Waals surface area contributed by atoms with E-state index >= 15 is 0 Å². The van der Waals surface area contributed by atoms with Crippen LogP contribution in [0.4, 0.5) is 0 Å². The zero-order chi connectivity index (χ0) is 21.9. The number of nitrogens with zero attached hydrogens (tertiary/aromatic N) is 2. The Balaban J connectivity index is 1.70. The van der Waals surface area contributed by atoms with Crippen molar-refractivity contribution in [2.45, 2.75) is 31.4 Å². The Morgan fingerprint density at radius 3 is 2.50 bits per heavy atom. The van der Waals surface area contributed by atoms with Gasteiger partial charge in [0.1, 0.15) is 28.7 Å². The van der Waals surface area contributed by atoms with Crippen molar-refractivity contribution in [2.24, 2.45) is 0 Å². The number of hydrogen-bond donors (Lipinski definition) is 3. The third kappa shape index (κ3) is 4.52. The van der Waals surface area contributed by atoms with E-state index in [0.29, 0.717) is 12.2 Å². The molecule has 8 nitrogen and oxygen atoms in total. The number of aliphatic hydroxyl groups excluding tert-OH is 1. The van der Waals surface area contributed by atoms with Crippen molar-refractivity contribution in [1.29, 1.82) is 0 Å². The highest BCUT2D eigenvalue weighted by Gasteiger charge is 2.47. The molecule has 1 fully saturated rings. The number of ether oxygens (including phenoxy) is 1. The number of pyridine rings is 1. The number of halogens is 2. The summed E-state index contributed by atoms with van der Waals surface area (Å²) >= 11 is 11.8. The molecule has 3 N–H and O–H groups in total. The van der Waals surface area contributed by atoms with Gasteiger partial charge in [-0.2, -0.15) is 0 Å². The maximum atomic E-state index is 13.0. The summed E-state index contributed by atoms with van der Waals surface area (Å²) in [6.07, 6.45) is 0.468. The van der Waals surface area contributed by atoms with E-state index in [0.717, 1.165) is 11.1 Å². The lowest BCUT2D eigenvalue weighted by Crippen LogP contribution is -2.51. The fraction of sp³-hybridized carbons (Fsp3) is 0.350. The van der Waals surface area contributed by atoms with E-state index in [1.54, 1.807) is 43.3 Å². The molecule has 1 aromatic carbocycles. The standard InChI is InChI=1S/C20H21Cl2N3O5/c1-20(6-7-25(19(20)28)15(10-26)18(27)24-29)13-2-4-14(5-3-13)30-11-12-8-16(21)23-17(22)9-12/h2-5,8-9,15,26,29H,6-7,10-11H2,1H3,(H,24,27). The van der Waals surface area contributed by atoms with Crippen molar-refractivity contribution in [1.82, 2.24) is 15.4 Å². The molecule has 2 atom stereocenters. The van der Waals surface area contributed by atoms with Gasteiger partial charge in [-0.05, 0) is 48.7 Å². The van der Waals surface area contributed by atoms with E-state index in [-0.39, 0.29) is 29.4 Å². The van der Waals surface area contributed by atoms with Crippen LogP contribution in [0.1, 0.15) is 24.5 Å². The van der Waals surface area contributed by atoms with Gasteiger partial charge in [-0.15, -0.1) is 0 Å². The molecule has 2 unspecified atom stereocenters. The number of carbonyl (C=O) groups is 2. The van der Waals surface area contributed by atoms with Gasteiger partial charge < -0.3 is 14.7 Å². The summed E-state index contributed by atoms with van der Waals surface area (Å²) in [5.41, 5.74) is 2.17. The van der Waals surface area contributed by atoms with Crippen molar-refractivity contribution in [3.63, 3.8) is 0 Å². The molecule has 2 heterocycles. The van der Waals surface area contributed by atoms with Gasteiger partial charge in [0.2, 0.25) is 5.91 Å². The van der Waals surface area contributed by atoms with Crippen molar-refractivity contribution in [2.75, 3.05) is 13.2 Å². The molecule has 1 aliphatic rings. The van der Waals surface area contributed by atoms with Crippen LogP contribution in [0.3, 0.4) is 0 Å². The summed E-state index contributed by atoms with van der Waals surface area (Å²) in [5, 5.41) is 18.9. The molecule has 1 aromatic heterocycles. The molecule has 0 radical (unpaired) electrons. The molecule has 0 bridgehead atoms. The molecule has 2 amide bonds. The quantitative estimate of drug-likeness (QED) is 0.337. The molecule has 0 spiro atoms. The van der Waals surface area contributed by atoms with Gasteiger partial charge in [-0.1, -0.05) is 35.3 Å². The van der Waals surface area contributed by atoms with E-state index in [9.17, 15) is 14.7 Å². The minimum atomic E-state index is -1.13. The SMILES string of the molecule is CC1(c2ccc(OCc3cc(Cl)nc(Cl)c3)cc2)CCN(C(CO)C(=O)NO)C1=O. The van der Waals surface area contributed by atoms with Crippen molar-refractivity contribution < 1.29 is 24.6 Å². The predicted molar refractivity (Wildman–Crippen MR) is 110 cm³/mol. The molecular formula is C20H21Cl2N3O5. The predicted octanol–water partition coefficient (Wildman–Crippen LogP) is 2.32. The van der Waals surface area contributed by atoms with Gasteiger partial charge >= 0.3 is 0 Å². The first kappa shape index (κ1) is 22.3. The minimum Gasteiger partial charge on any atom is -0.489 e. The molecular weight excluding hydrogens is 433 g/mol. The second-order valence-electron chi connectivity index (χ2n) is 7.19. The summed E-state index contributed by atoms with van der Waals surface area (Å²) < 4.78 is 5.75. The first-order valence-electron chi connectivity index (χ1n) is 9.19. The van der Waals surface area contributed by atoms with Crippen molar-refractivity contribution in [3.8, 4) is 5.75 Å². The van der Waals surface area contributed by atoms with Crippen molar-refractivity contribution in [3.05, 3.63) is 57.8 Å². The lowest BCUT2D eigenvalue weighted by Gasteiger charge is -2.28. The molecule has 30 heavy (non-hydrogen) atoms. The third-order valence-corrected chi connectivity index (χ3v) is 5.65. The topological polar surface area (TPSA) is 112 Å². The highest BCUT2D eigenvalue weighted by molar-refractivity contribution is 6.32. The summed E-state index contributed by atoms with van der Waals surface area (Å²) in [6.45, 7) is 1.75. The van der Waals surface area contributed by atoms with Crippen LogP contribution in [0.2, 0.25) is 10.3 Å². The average Bonchev–Trinajstić information content (AvgIpc) is 3.02. The van der Waals surface area contributed by atoms with Crippen molar-refractivity contribution >= 4 is 35.0 Å². The zero-order valence-corrected chi connectivity index (χ0v) is 17.7. The Bertz CT molecular complexity index is 920. The van der Waals surface area contributed by atoms with Crippen LogP contribution in [0, 0.1) is 0 Å². The Morgan fingerprint density at radius 2 is 1.93 bits per heavy atom. The zero-order valence-electron chi connectivity index (χ0n) is 16.1. The Hall–Kier alpha value is -2.39. The maximum Gasteiger partial charge on any atom is 0.268 e. The Kier molecular flexibility index (Phi) is 6.82.